The minimum Gasteiger partial charge on any atom is -0.508 e. The van der Waals surface area contributed by atoms with Gasteiger partial charge >= 0.3 is 6.01 Å². The van der Waals surface area contributed by atoms with Crippen molar-refractivity contribution in [1.29, 1.82) is 0 Å². The molecule has 3 amide bonds. The number of fused-ring (bicyclic) bond motifs is 4. The van der Waals surface area contributed by atoms with E-state index in [-0.39, 0.29) is 95.8 Å². The Morgan fingerprint density at radius 3 is 2.37 bits per heavy atom. The maximum Gasteiger partial charge on any atom is 0.319 e. The van der Waals surface area contributed by atoms with E-state index in [1.807, 2.05) is 0 Å². The van der Waals surface area contributed by atoms with E-state index in [2.05, 4.69) is 41.6 Å². The first-order valence-electron chi connectivity index (χ1n) is 27.8. The summed E-state index contributed by atoms with van der Waals surface area (Å²) in [6, 6.07) is 11.4. The Bertz CT molecular complexity index is 3440. The van der Waals surface area contributed by atoms with Crippen molar-refractivity contribution in [3.63, 3.8) is 0 Å². The van der Waals surface area contributed by atoms with Crippen LogP contribution in [-0.2, 0) is 19.1 Å². The number of carbonyl (C=O) groups excluding carboxylic acids is 3. The van der Waals surface area contributed by atoms with Crippen LogP contribution in [0.15, 0.2) is 66.9 Å². The number of β-amino-alcohol motifs (C(OH)–C–C–N with tert-alkyl or cyclic N) is 1. The van der Waals surface area contributed by atoms with Gasteiger partial charge in [0.1, 0.15) is 47.3 Å². The standard InChI is InChI=1S/C61H66F5N9O7/c1-6-42-46(62)18-14-36-25-40(76)26-44(50(36)42)54-53(66)55-45(28-67-54)57(74-29-37-15-16-38(30-74)69-37)72-60(71-55)82-32-39-9-7-21-73(39)22-8-23-81-24-20-49(78)70-56(61(3,4)5)59(80)75-31-41(77)27-48(75)58(79)68-33(2)34-10-12-35(13-11-34)43-17-19-47(63)52(65)51(43)64/h1,10-14,17-19,25-26,28,33,37-39,41,48,56,69,76-77H,7-9,15-16,20-24,27,29-32H2,2-5H3,(H,68,79)(H,70,78)/t33-,37?,38?,39-,41+,48-,56+/m0/s1. The first kappa shape index (κ1) is 57.7. The predicted molar refractivity (Wildman–Crippen MR) is 298 cm³/mol. The highest BCUT2D eigenvalue weighted by Gasteiger charge is 2.45. The fourth-order valence-electron chi connectivity index (χ4n) is 11.9. The number of terminal acetylenes is 1. The molecule has 4 aliphatic rings. The summed E-state index contributed by atoms with van der Waals surface area (Å²) < 4.78 is 86.4. The van der Waals surface area contributed by atoms with Crippen molar-refractivity contribution >= 4 is 45.2 Å². The molecule has 82 heavy (non-hydrogen) atoms. The number of piperazine rings is 1. The first-order chi connectivity index (χ1) is 39.3. The highest BCUT2D eigenvalue weighted by molar-refractivity contribution is 6.03. The zero-order chi connectivity index (χ0) is 58.1. The monoisotopic (exact) mass is 1130 g/mol. The van der Waals surface area contributed by atoms with Crippen LogP contribution in [0.4, 0.5) is 27.8 Å². The molecule has 10 rings (SSSR count). The Kier molecular flexibility index (Phi) is 17.0. The van der Waals surface area contributed by atoms with Crippen LogP contribution in [-0.4, -0.2) is 142 Å². The van der Waals surface area contributed by atoms with E-state index >= 15 is 8.78 Å². The van der Waals surface area contributed by atoms with E-state index < -0.39 is 76.5 Å². The van der Waals surface area contributed by atoms with E-state index in [0.717, 1.165) is 44.4 Å². The molecule has 2 unspecified atom stereocenters. The molecule has 4 aromatic carbocycles. The molecule has 4 saturated heterocycles. The molecule has 432 valence electrons. The second kappa shape index (κ2) is 24.1. The minimum atomic E-state index is -1.58. The number of ether oxygens (including phenoxy) is 2. The van der Waals surface area contributed by atoms with Crippen molar-refractivity contribution in [2.45, 2.75) is 115 Å². The number of pyridine rings is 1. The number of phenolic OH excluding ortho intramolecular Hbond substituents is 1. The van der Waals surface area contributed by atoms with Crippen molar-refractivity contribution < 1.29 is 56.0 Å². The third-order valence-corrected chi connectivity index (χ3v) is 16.1. The Balaban J connectivity index is 0.730. The van der Waals surface area contributed by atoms with Crippen molar-refractivity contribution in [2.75, 3.05) is 57.4 Å². The number of aliphatic hydroxyl groups is 1. The number of likely N-dealkylation sites (tertiary alicyclic amines) is 2. The van der Waals surface area contributed by atoms with E-state index in [1.54, 1.807) is 39.8 Å². The van der Waals surface area contributed by atoms with Gasteiger partial charge in [0.25, 0.3) is 0 Å². The smallest absolute Gasteiger partial charge is 0.319 e. The average Bonchev–Trinajstić information content (AvgIpc) is 4.31. The fourth-order valence-corrected chi connectivity index (χ4v) is 11.9. The van der Waals surface area contributed by atoms with Crippen molar-refractivity contribution in [3.05, 3.63) is 107 Å². The van der Waals surface area contributed by atoms with E-state index in [4.69, 9.17) is 20.9 Å². The van der Waals surface area contributed by atoms with Gasteiger partial charge in [0.05, 0.1) is 29.7 Å². The van der Waals surface area contributed by atoms with Gasteiger partial charge in [-0.3, -0.25) is 24.3 Å². The number of hydrogen-bond donors (Lipinski definition) is 5. The second-order valence-corrected chi connectivity index (χ2v) is 22.9. The summed E-state index contributed by atoms with van der Waals surface area (Å²) in [6.45, 7) is 10.4. The van der Waals surface area contributed by atoms with Crippen LogP contribution < -0.4 is 25.6 Å². The molecule has 6 aromatic rings. The summed E-state index contributed by atoms with van der Waals surface area (Å²) in [6.07, 6.45) is 10.6. The minimum absolute atomic E-state index is 0.00965. The molecule has 2 aromatic heterocycles. The molecule has 16 nitrogen and oxygen atoms in total. The molecule has 0 saturated carbocycles. The lowest BCUT2D eigenvalue weighted by Gasteiger charge is -2.35. The highest BCUT2D eigenvalue weighted by Crippen LogP contribution is 2.40. The number of nitrogens with one attached hydrogen (secondary N) is 3. The third kappa shape index (κ3) is 12.2. The number of anilines is 1. The lowest BCUT2D eigenvalue weighted by molar-refractivity contribution is -0.144. The Hall–Kier alpha value is -7.51. The Morgan fingerprint density at radius 1 is 0.890 bits per heavy atom. The van der Waals surface area contributed by atoms with Gasteiger partial charge in [-0.15, -0.1) is 6.42 Å². The molecular weight excluding hydrogens is 1070 g/mol. The maximum absolute atomic E-state index is 17.1. The molecule has 4 fully saturated rings. The molecule has 0 spiro atoms. The third-order valence-electron chi connectivity index (χ3n) is 16.1. The average molecular weight is 1130 g/mol. The van der Waals surface area contributed by atoms with Crippen molar-refractivity contribution in [1.82, 2.24) is 40.7 Å². The van der Waals surface area contributed by atoms with Crippen LogP contribution >= 0.6 is 0 Å². The number of rotatable bonds is 18. The predicted octanol–water partition coefficient (Wildman–Crippen LogP) is 7.85. The summed E-state index contributed by atoms with van der Waals surface area (Å²) >= 11 is 0. The van der Waals surface area contributed by atoms with Gasteiger partial charge in [0, 0.05) is 86.5 Å². The molecule has 5 N–H and O–H groups in total. The topological polar surface area (TPSA) is 195 Å². The number of aliphatic hydroxyl groups excluding tert-OH is 1. The quantitative estimate of drug-likeness (QED) is 0.0242. The number of hydrogen-bond acceptors (Lipinski definition) is 13. The number of phenols is 1. The number of benzene rings is 4. The molecule has 2 bridgehead atoms. The van der Waals surface area contributed by atoms with Gasteiger partial charge in [0.15, 0.2) is 23.3 Å². The van der Waals surface area contributed by atoms with Crippen LogP contribution in [0.1, 0.15) is 89.8 Å². The van der Waals surface area contributed by atoms with Gasteiger partial charge in [-0.25, -0.2) is 22.0 Å². The SMILES string of the molecule is C#Cc1c(F)ccc2cc(O)cc(-c3ncc4c(N5CC6CCC(C5)N6)nc(OC[C@@H]5CCCN5CCCOCCC(=O)N[C@H](C(=O)N5C[C@H](O)C[C@H]5C(=O)N[C@@H](C)c5ccc(-c6ccc(F)c(F)c6F)cc5)C(C)(C)C)nc4c3F)c12. The molecule has 6 heterocycles. The normalized spacial score (nSPS) is 20.8. The van der Waals surface area contributed by atoms with E-state index in [9.17, 15) is 37.8 Å². The highest BCUT2D eigenvalue weighted by atomic mass is 19.2. The molecular formula is C61H66F5N9O7. The van der Waals surface area contributed by atoms with E-state index in [1.165, 1.54) is 47.5 Å². The van der Waals surface area contributed by atoms with E-state index in [0.29, 0.717) is 60.4 Å². The summed E-state index contributed by atoms with van der Waals surface area (Å²) in [5.74, 6) is -4.44. The fraction of sp³-hybridized carbons (Fsp3) is 0.443. The maximum atomic E-state index is 17.1. The Morgan fingerprint density at radius 2 is 1.63 bits per heavy atom. The molecule has 0 radical (unpaired) electrons. The summed E-state index contributed by atoms with van der Waals surface area (Å²) in [5, 5.41) is 31.8. The van der Waals surface area contributed by atoms with Gasteiger partial charge < -0.3 is 45.4 Å². The molecule has 4 aliphatic heterocycles. The number of aromatic nitrogens is 3. The molecule has 0 aliphatic carbocycles. The van der Waals surface area contributed by atoms with Gasteiger partial charge in [0.2, 0.25) is 17.7 Å². The zero-order valence-corrected chi connectivity index (χ0v) is 46.1. The second-order valence-electron chi connectivity index (χ2n) is 22.9. The summed E-state index contributed by atoms with van der Waals surface area (Å²) in [5.41, 5.74) is -0.176. The van der Waals surface area contributed by atoms with Gasteiger partial charge in [-0.2, -0.15) is 9.97 Å². The van der Waals surface area contributed by atoms with Crippen LogP contribution in [0.3, 0.4) is 0 Å². The molecule has 7 atom stereocenters. The summed E-state index contributed by atoms with van der Waals surface area (Å²) in [4.78, 5) is 61.1. The van der Waals surface area contributed by atoms with Crippen LogP contribution in [0, 0.1) is 46.8 Å². The number of aromatic hydroxyl groups is 1. The largest absolute Gasteiger partial charge is 0.508 e. The van der Waals surface area contributed by atoms with Crippen LogP contribution in [0.25, 0.3) is 44.1 Å². The van der Waals surface area contributed by atoms with Gasteiger partial charge in [-0.05, 0) is 97.8 Å². The van der Waals surface area contributed by atoms with Gasteiger partial charge in [-0.1, -0.05) is 57.0 Å². The van der Waals surface area contributed by atoms with Crippen molar-refractivity contribution in [2.24, 2.45) is 5.41 Å². The van der Waals surface area contributed by atoms with Crippen molar-refractivity contribution in [3.8, 4) is 46.5 Å². The van der Waals surface area contributed by atoms with Crippen LogP contribution in [0.5, 0.6) is 11.8 Å². The number of carbonyl (C=O) groups is 3. The zero-order valence-electron chi connectivity index (χ0n) is 46.1. The lowest BCUT2D eigenvalue weighted by Crippen LogP contribution is -2.58. The number of nitrogens with zero attached hydrogens (tertiary/aromatic N) is 6. The lowest BCUT2D eigenvalue weighted by atomic mass is 9.85. The molecule has 21 heteroatoms. The number of halogens is 5. The van der Waals surface area contributed by atoms with Crippen LogP contribution in [0.2, 0.25) is 0 Å². The number of amides is 3. The summed E-state index contributed by atoms with van der Waals surface area (Å²) in [7, 11) is 0. The first-order valence-corrected chi connectivity index (χ1v) is 27.8. The Labute approximate surface area is 471 Å².